The van der Waals surface area contributed by atoms with Gasteiger partial charge in [0.05, 0.1) is 5.60 Å². The van der Waals surface area contributed by atoms with Crippen LogP contribution in [0.4, 0.5) is 0 Å². The molecule has 0 saturated carbocycles. The van der Waals surface area contributed by atoms with Crippen LogP contribution in [0.1, 0.15) is 44.9 Å². The highest BCUT2D eigenvalue weighted by Gasteiger charge is 2.47. The first-order valence-corrected chi connectivity index (χ1v) is 8.26. The highest BCUT2D eigenvalue weighted by molar-refractivity contribution is 5.14. The van der Waals surface area contributed by atoms with E-state index in [9.17, 15) is 5.11 Å². The second-order valence-corrected chi connectivity index (χ2v) is 6.54. The van der Waals surface area contributed by atoms with Gasteiger partial charge in [0.2, 0.25) is 0 Å². The molecule has 0 fully saturated rings. The summed E-state index contributed by atoms with van der Waals surface area (Å²) < 4.78 is 0. The molecule has 0 amide bonds. The summed E-state index contributed by atoms with van der Waals surface area (Å²) in [5, 5.41) is 15.0. The predicted molar refractivity (Wildman–Crippen MR) is 83.2 cm³/mol. The fourth-order valence-electron chi connectivity index (χ4n) is 4.28. The Morgan fingerprint density at radius 2 is 1.85 bits per heavy atom. The lowest BCUT2D eigenvalue weighted by atomic mass is 9.62. The molecule has 0 radical (unpaired) electrons. The van der Waals surface area contributed by atoms with Gasteiger partial charge in [-0.1, -0.05) is 30.4 Å². The molecule has 2 aliphatic carbocycles. The van der Waals surface area contributed by atoms with Crippen LogP contribution in [-0.2, 0) is 0 Å². The number of allylic oxidation sites excluding steroid dienone is 3. The van der Waals surface area contributed by atoms with Crippen LogP contribution in [0.2, 0.25) is 0 Å². The maximum atomic E-state index is 11.7. The summed E-state index contributed by atoms with van der Waals surface area (Å²) in [4.78, 5) is 0. The fourth-order valence-corrected chi connectivity index (χ4v) is 4.28. The third kappa shape index (κ3) is 2.58. The Hall–Kier alpha value is -1.02. The molecule has 1 heterocycles. The summed E-state index contributed by atoms with van der Waals surface area (Å²) in [6, 6.07) is 0. The molecule has 4 atom stereocenters. The topological polar surface area (TPSA) is 32.3 Å². The number of hydrogen-bond donors (Lipinski definition) is 2. The summed E-state index contributed by atoms with van der Waals surface area (Å²) >= 11 is 0. The van der Waals surface area contributed by atoms with Gasteiger partial charge < -0.3 is 10.4 Å². The third-order valence-electron chi connectivity index (χ3n) is 5.41. The van der Waals surface area contributed by atoms with Gasteiger partial charge in [-0.2, -0.15) is 0 Å². The Labute approximate surface area is 122 Å². The van der Waals surface area contributed by atoms with Crippen molar-refractivity contribution in [3.05, 3.63) is 36.6 Å². The summed E-state index contributed by atoms with van der Waals surface area (Å²) in [5.41, 5.74) is -0.555. The third-order valence-corrected chi connectivity index (χ3v) is 5.41. The fraction of sp³-hybridized carbons (Fsp3) is 0.667. The summed E-state index contributed by atoms with van der Waals surface area (Å²) in [6.07, 6.45) is 21.3. The van der Waals surface area contributed by atoms with Crippen molar-refractivity contribution in [1.29, 1.82) is 0 Å². The second-order valence-electron chi connectivity index (χ2n) is 6.54. The standard InChI is InChI=1S/C18H27NO/c20-18(15-7-3-1-4-8-15,16-9-5-2-6-10-16)17-11-13-19-14-12-17/h1,3,5,9,11,13,15-17,19-20H,2,4,6-8,10,12,14H2. The molecule has 110 valence electrons. The van der Waals surface area contributed by atoms with Crippen LogP contribution in [0.3, 0.4) is 0 Å². The smallest absolute Gasteiger partial charge is 0.0804 e. The predicted octanol–water partition coefficient (Wildman–Crippen LogP) is 3.55. The van der Waals surface area contributed by atoms with E-state index in [1.165, 1.54) is 12.8 Å². The van der Waals surface area contributed by atoms with Crippen molar-refractivity contribution >= 4 is 0 Å². The number of aliphatic hydroxyl groups is 1. The molecule has 20 heavy (non-hydrogen) atoms. The highest BCUT2D eigenvalue weighted by Crippen LogP contribution is 2.45. The van der Waals surface area contributed by atoms with E-state index in [4.69, 9.17) is 0 Å². The van der Waals surface area contributed by atoms with E-state index in [1.54, 1.807) is 0 Å². The molecule has 0 spiro atoms. The first kappa shape index (κ1) is 13.9. The van der Waals surface area contributed by atoms with E-state index in [1.807, 2.05) is 6.20 Å². The maximum Gasteiger partial charge on any atom is 0.0804 e. The zero-order chi connectivity index (χ0) is 13.8. The van der Waals surface area contributed by atoms with Crippen LogP contribution >= 0.6 is 0 Å². The Kier molecular flexibility index (Phi) is 4.30. The van der Waals surface area contributed by atoms with Crippen molar-refractivity contribution in [1.82, 2.24) is 5.32 Å². The lowest BCUT2D eigenvalue weighted by molar-refractivity contribution is -0.0973. The van der Waals surface area contributed by atoms with Crippen LogP contribution in [0.25, 0.3) is 0 Å². The van der Waals surface area contributed by atoms with Crippen LogP contribution in [-0.4, -0.2) is 17.3 Å². The molecule has 0 aromatic rings. The van der Waals surface area contributed by atoms with Gasteiger partial charge >= 0.3 is 0 Å². The molecule has 1 aliphatic heterocycles. The minimum atomic E-state index is -0.555. The highest BCUT2D eigenvalue weighted by atomic mass is 16.3. The molecule has 0 saturated heterocycles. The first-order valence-electron chi connectivity index (χ1n) is 8.26. The van der Waals surface area contributed by atoms with Gasteiger partial charge in [0.25, 0.3) is 0 Å². The number of rotatable bonds is 3. The van der Waals surface area contributed by atoms with Gasteiger partial charge in [0, 0.05) is 18.4 Å². The minimum Gasteiger partial charge on any atom is -0.391 e. The van der Waals surface area contributed by atoms with Crippen LogP contribution in [0.15, 0.2) is 36.6 Å². The molecular formula is C18H27NO. The van der Waals surface area contributed by atoms with Crippen molar-refractivity contribution in [3.63, 3.8) is 0 Å². The number of hydrogen-bond acceptors (Lipinski definition) is 2. The van der Waals surface area contributed by atoms with E-state index in [2.05, 4.69) is 35.7 Å². The molecule has 0 aromatic carbocycles. The summed E-state index contributed by atoms with van der Waals surface area (Å²) in [7, 11) is 0. The normalized spacial score (nSPS) is 36.4. The van der Waals surface area contributed by atoms with Crippen molar-refractivity contribution in [3.8, 4) is 0 Å². The lowest BCUT2D eigenvalue weighted by Gasteiger charge is -2.48. The molecule has 4 unspecified atom stereocenters. The quantitative estimate of drug-likeness (QED) is 0.771. The molecule has 0 aromatic heterocycles. The van der Waals surface area contributed by atoms with Gasteiger partial charge in [0.15, 0.2) is 0 Å². The summed E-state index contributed by atoms with van der Waals surface area (Å²) in [5.74, 6) is 1.04. The minimum absolute atomic E-state index is 0.299. The average molecular weight is 273 g/mol. The summed E-state index contributed by atoms with van der Waals surface area (Å²) in [6.45, 7) is 0.989. The zero-order valence-corrected chi connectivity index (χ0v) is 12.3. The largest absolute Gasteiger partial charge is 0.391 e. The van der Waals surface area contributed by atoms with E-state index >= 15 is 0 Å². The van der Waals surface area contributed by atoms with Crippen molar-refractivity contribution < 1.29 is 5.11 Å². The van der Waals surface area contributed by atoms with E-state index in [-0.39, 0.29) is 0 Å². The van der Waals surface area contributed by atoms with Gasteiger partial charge in [0.1, 0.15) is 0 Å². The van der Waals surface area contributed by atoms with Crippen molar-refractivity contribution in [2.45, 2.75) is 50.5 Å². The Morgan fingerprint density at radius 3 is 2.50 bits per heavy atom. The molecule has 2 nitrogen and oxygen atoms in total. The zero-order valence-electron chi connectivity index (χ0n) is 12.3. The lowest BCUT2D eigenvalue weighted by Crippen LogP contribution is -2.52. The van der Waals surface area contributed by atoms with Crippen LogP contribution in [0.5, 0.6) is 0 Å². The molecule has 3 rings (SSSR count). The van der Waals surface area contributed by atoms with Crippen LogP contribution < -0.4 is 5.32 Å². The maximum absolute atomic E-state index is 11.7. The second kappa shape index (κ2) is 6.17. The Morgan fingerprint density at radius 1 is 0.950 bits per heavy atom. The molecule has 2 heteroatoms. The van der Waals surface area contributed by atoms with Crippen molar-refractivity contribution in [2.24, 2.45) is 17.8 Å². The first-order chi connectivity index (χ1) is 9.82. The van der Waals surface area contributed by atoms with Crippen LogP contribution in [0, 0.1) is 17.8 Å². The Bertz CT molecular complexity index is 386. The van der Waals surface area contributed by atoms with E-state index in [0.29, 0.717) is 17.8 Å². The van der Waals surface area contributed by atoms with Crippen molar-refractivity contribution in [2.75, 3.05) is 6.54 Å². The van der Waals surface area contributed by atoms with E-state index < -0.39 is 5.60 Å². The van der Waals surface area contributed by atoms with Gasteiger partial charge in [-0.05, 0) is 57.1 Å². The van der Waals surface area contributed by atoms with Gasteiger partial charge in [-0.25, -0.2) is 0 Å². The average Bonchev–Trinajstić information content (AvgIpc) is 2.56. The molecule has 3 aliphatic rings. The van der Waals surface area contributed by atoms with Gasteiger partial charge in [-0.3, -0.25) is 0 Å². The number of nitrogens with one attached hydrogen (secondary N) is 1. The molecular weight excluding hydrogens is 246 g/mol. The van der Waals surface area contributed by atoms with E-state index in [0.717, 1.165) is 38.6 Å². The molecule has 2 N–H and O–H groups in total. The monoisotopic (exact) mass is 273 g/mol. The Balaban J connectivity index is 1.89. The molecule has 0 bridgehead atoms. The SMILES string of the molecule is OC(C1C=CCCC1)(C1C=CNCC1)C1CC=CCC1. The van der Waals surface area contributed by atoms with Gasteiger partial charge in [-0.15, -0.1) is 0 Å².